The van der Waals surface area contributed by atoms with Gasteiger partial charge in [-0.3, -0.25) is 4.79 Å². The predicted octanol–water partition coefficient (Wildman–Crippen LogP) is 7.20. The molecule has 6 heteroatoms. The molecule has 1 aromatic rings. The highest BCUT2D eigenvalue weighted by atomic mass is 16.5. The van der Waals surface area contributed by atoms with Crippen molar-refractivity contribution in [2.24, 2.45) is 44.8 Å². The van der Waals surface area contributed by atoms with Crippen LogP contribution >= 0.6 is 0 Å². The molecule has 0 unspecified atom stereocenters. The zero-order valence-electron chi connectivity index (χ0n) is 24.9. The Bertz CT molecular complexity index is 1390. The van der Waals surface area contributed by atoms with Gasteiger partial charge in [-0.1, -0.05) is 65.3 Å². The van der Waals surface area contributed by atoms with Gasteiger partial charge in [-0.25, -0.2) is 4.85 Å². The summed E-state index contributed by atoms with van der Waals surface area (Å²) in [7, 11) is 0. The van der Waals surface area contributed by atoms with Crippen LogP contribution in [0.2, 0.25) is 0 Å². The summed E-state index contributed by atoms with van der Waals surface area (Å²) in [6.45, 7) is 25.3. The van der Waals surface area contributed by atoms with Crippen LogP contribution < -0.4 is 0 Å². The molecule has 3 saturated carbocycles. The first-order valence-corrected chi connectivity index (χ1v) is 14.8. The summed E-state index contributed by atoms with van der Waals surface area (Å²) in [4.78, 5) is 36.1. The van der Waals surface area contributed by atoms with Crippen molar-refractivity contribution in [1.82, 2.24) is 10.1 Å². The summed E-state index contributed by atoms with van der Waals surface area (Å²) in [5.41, 5.74) is -0.251. The maximum atomic E-state index is 14.5. The van der Waals surface area contributed by atoms with E-state index in [1.165, 1.54) is 0 Å². The summed E-state index contributed by atoms with van der Waals surface area (Å²) in [6, 6.07) is 0. The van der Waals surface area contributed by atoms with Crippen molar-refractivity contribution in [1.29, 1.82) is 0 Å². The van der Waals surface area contributed by atoms with Crippen molar-refractivity contribution in [3.05, 3.63) is 46.6 Å². The van der Waals surface area contributed by atoms with Gasteiger partial charge in [-0.2, -0.15) is 4.98 Å². The van der Waals surface area contributed by atoms with Crippen LogP contribution in [-0.2, 0) is 15.0 Å². The van der Waals surface area contributed by atoms with E-state index in [1.807, 2.05) is 32.9 Å². The maximum absolute atomic E-state index is 14.5. The number of rotatable bonds is 1. The number of fused-ring (bicyclic) bond motifs is 7. The molecular weight excluding hydrogens is 486 g/mol. The quantitative estimate of drug-likeness (QED) is 0.360. The molecule has 1 aromatic heterocycles. The number of Topliss-reactive ketones (excluding diaryl/α,β-unsaturated/α-hetero) is 1. The zero-order valence-corrected chi connectivity index (χ0v) is 24.9. The van der Waals surface area contributed by atoms with E-state index in [1.54, 1.807) is 0 Å². The second-order valence-corrected chi connectivity index (χ2v) is 15.4. The van der Waals surface area contributed by atoms with Gasteiger partial charge in [-0.15, -0.1) is 0 Å². The minimum Gasteiger partial charge on any atom is -0.339 e. The van der Waals surface area contributed by atoms with Crippen molar-refractivity contribution < 1.29 is 14.1 Å². The maximum Gasteiger partial charge on any atom is 0.232 e. The van der Waals surface area contributed by atoms with E-state index >= 15 is 0 Å². The zero-order chi connectivity index (χ0) is 28.4. The third kappa shape index (κ3) is 3.19. The molecule has 0 spiro atoms. The van der Waals surface area contributed by atoms with Gasteiger partial charge in [0.1, 0.15) is 0 Å². The largest absolute Gasteiger partial charge is 0.339 e. The van der Waals surface area contributed by atoms with Gasteiger partial charge in [0.25, 0.3) is 0 Å². The highest BCUT2D eigenvalue weighted by Gasteiger charge is 2.69. The fraction of sp³-hybridized carbons (Fsp3) is 0.727. The molecule has 0 bridgehead atoms. The van der Waals surface area contributed by atoms with Crippen LogP contribution in [0.25, 0.3) is 4.85 Å². The first-order chi connectivity index (χ1) is 18.1. The second kappa shape index (κ2) is 7.80. The lowest BCUT2D eigenvalue weighted by Crippen LogP contribution is -2.64. The van der Waals surface area contributed by atoms with Crippen molar-refractivity contribution in [2.75, 3.05) is 0 Å². The standard InChI is InChI=1S/C33H43N3O3/c1-19-35-27(39-36-19)30(5)13-12-29(4)14-15-33(8)25(20(29)17-30)22(37)16-24-31(6)18-21(34-9)26(38)28(2,3)23(31)10-11-32(24,33)7/h16,18,20,23,25H,10-15,17H2,1-8H3/t20-,23-,25-,29+,30-,31-,32+,33+/m0/s1. The molecule has 0 saturated heterocycles. The molecule has 208 valence electrons. The molecule has 8 atom stereocenters. The lowest BCUT2D eigenvalue weighted by Gasteiger charge is -2.69. The topological polar surface area (TPSA) is 77.4 Å². The number of allylic oxidation sites excluding steroid dienone is 4. The number of aromatic nitrogens is 2. The van der Waals surface area contributed by atoms with Crippen LogP contribution in [0.3, 0.4) is 0 Å². The average molecular weight is 530 g/mol. The third-order valence-electron chi connectivity index (χ3n) is 13.1. The molecule has 0 N–H and O–H groups in total. The highest BCUT2D eigenvalue weighted by molar-refractivity contribution is 6.03. The minimum absolute atomic E-state index is 0.0541. The summed E-state index contributed by atoms with van der Waals surface area (Å²) >= 11 is 0. The van der Waals surface area contributed by atoms with E-state index in [2.05, 4.69) is 49.6 Å². The Morgan fingerprint density at radius 1 is 1.00 bits per heavy atom. The lowest BCUT2D eigenvalue weighted by atomic mass is 9.34. The van der Waals surface area contributed by atoms with E-state index < -0.39 is 10.8 Å². The van der Waals surface area contributed by atoms with Crippen LogP contribution in [0.15, 0.2) is 27.9 Å². The molecule has 0 aromatic carbocycles. The van der Waals surface area contributed by atoms with Crippen molar-refractivity contribution in [3.63, 3.8) is 0 Å². The number of hydrogen-bond donors (Lipinski definition) is 0. The van der Waals surface area contributed by atoms with E-state index in [-0.39, 0.29) is 56.7 Å². The van der Waals surface area contributed by atoms with E-state index in [0.29, 0.717) is 11.7 Å². The minimum atomic E-state index is -0.634. The first kappa shape index (κ1) is 26.7. The van der Waals surface area contributed by atoms with Crippen LogP contribution in [0, 0.1) is 58.3 Å². The fourth-order valence-electron chi connectivity index (χ4n) is 10.4. The van der Waals surface area contributed by atoms with E-state index in [0.717, 1.165) is 50.5 Å². The molecule has 0 aliphatic heterocycles. The third-order valence-corrected chi connectivity index (χ3v) is 13.1. The summed E-state index contributed by atoms with van der Waals surface area (Å²) in [5, 5.41) is 4.10. The number of hydrogen-bond acceptors (Lipinski definition) is 5. The van der Waals surface area contributed by atoms with Crippen molar-refractivity contribution >= 4 is 11.6 Å². The normalized spacial score (nSPS) is 46.6. The van der Waals surface area contributed by atoms with Crippen LogP contribution in [0.5, 0.6) is 0 Å². The number of aryl methyl sites for hydroxylation is 1. The molecule has 5 aliphatic rings. The van der Waals surface area contributed by atoms with Crippen molar-refractivity contribution in [2.45, 2.75) is 106 Å². The SMILES string of the molecule is [C-]#[N+]C1=C[C@]2(C)C3=CC(=O)[C@@H]4[C@@H]5C[C@@](C)(c6nc(C)no6)CC[C@]5(C)CC[C@@]4(C)[C@]3(C)CC[C@H]2C(C)(C)C1=O. The molecule has 5 aliphatic carbocycles. The van der Waals surface area contributed by atoms with Crippen LogP contribution in [-0.4, -0.2) is 21.7 Å². The Kier molecular flexibility index (Phi) is 5.33. The van der Waals surface area contributed by atoms with Gasteiger partial charge in [0.15, 0.2) is 17.4 Å². The number of ketones is 2. The van der Waals surface area contributed by atoms with E-state index in [4.69, 9.17) is 11.1 Å². The predicted molar refractivity (Wildman–Crippen MR) is 148 cm³/mol. The Morgan fingerprint density at radius 2 is 1.69 bits per heavy atom. The second-order valence-electron chi connectivity index (χ2n) is 15.4. The Balaban J connectivity index is 1.48. The fourth-order valence-corrected chi connectivity index (χ4v) is 10.4. The van der Waals surface area contributed by atoms with Crippen LogP contribution in [0.4, 0.5) is 0 Å². The van der Waals surface area contributed by atoms with Gasteiger partial charge in [0.2, 0.25) is 11.6 Å². The highest BCUT2D eigenvalue weighted by Crippen LogP contribution is 2.74. The average Bonchev–Trinajstić information content (AvgIpc) is 3.31. The van der Waals surface area contributed by atoms with E-state index in [9.17, 15) is 9.59 Å². The number of nitrogens with zero attached hydrogens (tertiary/aromatic N) is 3. The van der Waals surface area contributed by atoms with Crippen molar-refractivity contribution in [3.8, 4) is 0 Å². The van der Waals surface area contributed by atoms with Gasteiger partial charge < -0.3 is 9.32 Å². The molecule has 0 amide bonds. The molecule has 39 heavy (non-hydrogen) atoms. The molecular formula is C33H43N3O3. The molecule has 6 rings (SSSR count). The Hall–Kier alpha value is -2.55. The lowest BCUT2D eigenvalue weighted by molar-refractivity contribution is -0.166. The smallest absolute Gasteiger partial charge is 0.232 e. The molecule has 3 fully saturated rings. The Labute approximate surface area is 232 Å². The summed E-state index contributed by atoms with van der Waals surface area (Å²) in [5.74, 6) is 1.78. The monoisotopic (exact) mass is 529 g/mol. The van der Waals surface area contributed by atoms with Gasteiger partial charge in [0.05, 0.1) is 6.57 Å². The number of carbonyl (C=O) groups excluding carboxylic acids is 2. The summed E-state index contributed by atoms with van der Waals surface area (Å²) in [6.07, 6.45) is 10.8. The summed E-state index contributed by atoms with van der Waals surface area (Å²) < 4.78 is 5.72. The van der Waals surface area contributed by atoms with Gasteiger partial charge >= 0.3 is 0 Å². The first-order valence-electron chi connectivity index (χ1n) is 14.8. The number of carbonyl (C=O) groups is 2. The molecule has 0 radical (unpaired) electrons. The van der Waals surface area contributed by atoms with Gasteiger partial charge in [-0.05, 0) is 86.0 Å². The Morgan fingerprint density at radius 3 is 2.33 bits per heavy atom. The van der Waals surface area contributed by atoms with Crippen LogP contribution in [0.1, 0.15) is 105 Å². The van der Waals surface area contributed by atoms with Gasteiger partial charge in [0, 0.05) is 22.2 Å². The molecule has 1 heterocycles. The molecule has 6 nitrogen and oxygen atoms in total.